The molecule has 0 saturated heterocycles. The molecular weight excluding hydrogens is 723 g/mol. The van der Waals surface area contributed by atoms with Crippen molar-refractivity contribution < 1.29 is 0 Å². The molecule has 0 saturated carbocycles. The number of hydrogen-bond donors (Lipinski definition) is 0. The van der Waals surface area contributed by atoms with Crippen molar-refractivity contribution in [3.8, 4) is 73.4 Å². The van der Waals surface area contributed by atoms with Crippen molar-refractivity contribution in [2.75, 3.05) is 0 Å². The lowest BCUT2D eigenvalue weighted by atomic mass is 9.66. The molecular formula is C54H33N3S. The zero-order valence-corrected chi connectivity index (χ0v) is 32.1. The van der Waals surface area contributed by atoms with Gasteiger partial charge in [0, 0.05) is 26.5 Å². The zero-order chi connectivity index (χ0) is 38.6. The van der Waals surface area contributed by atoms with Gasteiger partial charge in [0.05, 0.1) is 22.4 Å². The quantitative estimate of drug-likeness (QED) is 0.175. The second-order valence-corrected chi connectivity index (χ2v) is 15.8. The predicted molar refractivity (Wildman–Crippen MR) is 235 cm³/mol. The molecule has 4 heteroatoms. The summed E-state index contributed by atoms with van der Waals surface area (Å²) in [5.74, 6) is 0.682. The van der Waals surface area contributed by atoms with Crippen molar-refractivity contribution in [2.24, 2.45) is 0 Å². The number of rotatable bonds is 5. The fourth-order valence-electron chi connectivity index (χ4n) is 9.06. The van der Waals surface area contributed by atoms with Crippen LogP contribution < -0.4 is 0 Å². The first-order valence-corrected chi connectivity index (χ1v) is 20.3. The van der Waals surface area contributed by atoms with Gasteiger partial charge in [-0.25, -0.2) is 9.97 Å². The Bertz CT molecular complexity index is 3010. The smallest absolute Gasteiger partial charge is 0.160 e. The molecule has 1 aliphatic heterocycles. The molecule has 0 atom stereocenters. The van der Waals surface area contributed by atoms with Crippen molar-refractivity contribution in [3.05, 3.63) is 228 Å². The summed E-state index contributed by atoms with van der Waals surface area (Å²) in [6.45, 7) is 0. The van der Waals surface area contributed by atoms with E-state index in [1.165, 1.54) is 32.7 Å². The van der Waals surface area contributed by atoms with Crippen molar-refractivity contribution in [2.45, 2.75) is 15.2 Å². The number of fused-ring (bicyclic) bond motifs is 9. The Morgan fingerprint density at radius 2 is 0.828 bits per heavy atom. The molecule has 58 heavy (non-hydrogen) atoms. The molecule has 0 radical (unpaired) electrons. The van der Waals surface area contributed by atoms with Crippen molar-refractivity contribution >= 4 is 11.8 Å². The highest BCUT2D eigenvalue weighted by molar-refractivity contribution is 7.99. The highest BCUT2D eigenvalue weighted by atomic mass is 32.2. The number of aromatic nitrogens is 2. The van der Waals surface area contributed by atoms with Crippen LogP contribution in [0.1, 0.15) is 27.8 Å². The third-order valence-corrected chi connectivity index (χ3v) is 12.9. The first-order valence-electron chi connectivity index (χ1n) is 19.5. The van der Waals surface area contributed by atoms with Gasteiger partial charge < -0.3 is 0 Å². The van der Waals surface area contributed by atoms with Gasteiger partial charge in [0.1, 0.15) is 6.07 Å². The van der Waals surface area contributed by atoms with E-state index < -0.39 is 5.41 Å². The molecule has 0 fully saturated rings. The molecule has 0 N–H and O–H groups in total. The summed E-state index contributed by atoms with van der Waals surface area (Å²) in [6.07, 6.45) is 0. The summed E-state index contributed by atoms with van der Waals surface area (Å²) in [5, 5.41) is 10.5. The SMILES string of the molecule is N#Cc1cccc2c1Sc1c(-c3cccc(-c4cccc(-c5nc(-c6ccccc6)cc(-c6ccccc6)n5)c4)c3)cccc1C21c2ccccc2-c2ccccc21. The molecule has 2 heterocycles. The minimum absolute atomic E-state index is 0.565. The van der Waals surface area contributed by atoms with Crippen molar-refractivity contribution in [1.82, 2.24) is 9.97 Å². The van der Waals surface area contributed by atoms with E-state index in [2.05, 4.69) is 158 Å². The first-order chi connectivity index (χ1) is 28.7. The molecule has 9 aromatic rings. The Morgan fingerprint density at radius 3 is 1.45 bits per heavy atom. The van der Waals surface area contributed by atoms with Crippen LogP contribution in [-0.4, -0.2) is 9.97 Å². The van der Waals surface area contributed by atoms with Gasteiger partial charge in [-0.15, -0.1) is 0 Å². The lowest BCUT2D eigenvalue weighted by Crippen LogP contribution is -2.32. The minimum Gasteiger partial charge on any atom is -0.228 e. The van der Waals surface area contributed by atoms with E-state index in [4.69, 9.17) is 9.97 Å². The van der Waals surface area contributed by atoms with Gasteiger partial charge in [0.15, 0.2) is 5.82 Å². The molecule has 0 unspecified atom stereocenters. The van der Waals surface area contributed by atoms with Crippen LogP contribution in [0.15, 0.2) is 210 Å². The molecule has 3 nitrogen and oxygen atoms in total. The van der Waals surface area contributed by atoms with E-state index in [9.17, 15) is 5.26 Å². The summed E-state index contributed by atoms with van der Waals surface area (Å²) in [6, 6.07) is 73.1. The van der Waals surface area contributed by atoms with Crippen molar-refractivity contribution in [3.63, 3.8) is 0 Å². The summed E-state index contributed by atoms with van der Waals surface area (Å²) in [5.41, 5.74) is 16.8. The Hall–Kier alpha value is -7.32. The van der Waals surface area contributed by atoms with E-state index >= 15 is 0 Å². The predicted octanol–water partition coefficient (Wildman–Crippen LogP) is 13.5. The average molecular weight is 756 g/mol. The Labute approximate surface area is 342 Å². The lowest BCUT2D eigenvalue weighted by Gasteiger charge is -2.40. The summed E-state index contributed by atoms with van der Waals surface area (Å²) in [7, 11) is 0. The van der Waals surface area contributed by atoms with E-state index in [1.54, 1.807) is 11.8 Å². The van der Waals surface area contributed by atoms with Crippen molar-refractivity contribution in [1.29, 1.82) is 5.26 Å². The molecule has 11 rings (SSSR count). The van der Waals surface area contributed by atoms with Gasteiger partial charge in [-0.2, -0.15) is 5.26 Å². The number of benzene rings is 8. The van der Waals surface area contributed by atoms with Crippen LogP contribution in [0.25, 0.3) is 67.3 Å². The van der Waals surface area contributed by atoms with Crippen LogP contribution in [0, 0.1) is 11.3 Å². The maximum absolute atomic E-state index is 10.5. The second-order valence-electron chi connectivity index (χ2n) is 14.8. The Balaban J connectivity index is 1.06. The monoisotopic (exact) mass is 755 g/mol. The molecule has 0 amide bonds. The fraction of sp³-hybridized carbons (Fsp3) is 0.0185. The highest BCUT2D eigenvalue weighted by Gasteiger charge is 2.51. The molecule has 0 bridgehead atoms. The first kappa shape index (κ1) is 34.0. The van der Waals surface area contributed by atoms with Crippen LogP contribution >= 0.6 is 11.8 Å². The van der Waals surface area contributed by atoms with E-state index in [-0.39, 0.29) is 0 Å². The van der Waals surface area contributed by atoms with Gasteiger partial charge in [0.2, 0.25) is 0 Å². The summed E-state index contributed by atoms with van der Waals surface area (Å²) in [4.78, 5) is 12.4. The zero-order valence-electron chi connectivity index (χ0n) is 31.3. The van der Waals surface area contributed by atoms with Gasteiger partial charge in [0.25, 0.3) is 0 Å². The van der Waals surface area contributed by atoms with E-state index in [0.717, 1.165) is 60.8 Å². The Kier molecular flexibility index (Phi) is 8.03. The maximum Gasteiger partial charge on any atom is 0.160 e. The largest absolute Gasteiger partial charge is 0.228 e. The standard InChI is InChI=1S/C54H33N3S/c55-34-41-23-13-29-47-51(41)58-52-42(26-14-30-48(52)54(47)45-27-9-7-24-43(45)44-25-8-10-28-46(44)54)39-21-11-19-37(31-39)38-20-12-22-40(32-38)53-56-49(35-15-3-1-4-16-35)33-50(57-53)36-17-5-2-6-18-36/h1-33H. The van der Waals surface area contributed by atoms with Crippen LogP contribution in [0.2, 0.25) is 0 Å². The molecule has 1 aromatic heterocycles. The van der Waals surface area contributed by atoms with Gasteiger partial charge in [-0.05, 0) is 79.9 Å². The van der Waals surface area contributed by atoms with E-state index in [0.29, 0.717) is 11.4 Å². The molecule has 1 aliphatic carbocycles. The second kappa shape index (κ2) is 13.7. The minimum atomic E-state index is -0.565. The highest BCUT2D eigenvalue weighted by Crippen LogP contribution is 2.63. The third kappa shape index (κ3) is 5.29. The molecule has 270 valence electrons. The van der Waals surface area contributed by atoms with Crippen LogP contribution in [-0.2, 0) is 5.41 Å². The summed E-state index contributed by atoms with van der Waals surface area (Å²) >= 11 is 1.73. The topological polar surface area (TPSA) is 49.6 Å². The fourth-order valence-corrected chi connectivity index (χ4v) is 10.4. The molecule has 2 aliphatic rings. The Morgan fingerprint density at radius 1 is 0.379 bits per heavy atom. The molecule has 1 spiro atoms. The van der Waals surface area contributed by atoms with E-state index in [1.807, 2.05) is 48.5 Å². The normalized spacial score (nSPS) is 12.9. The number of nitriles is 1. The third-order valence-electron chi connectivity index (χ3n) is 11.6. The van der Waals surface area contributed by atoms with Gasteiger partial charge in [-0.1, -0.05) is 188 Å². The average Bonchev–Trinajstić information content (AvgIpc) is 3.60. The molecule has 8 aromatic carbocycles. The van der Waals surface area contributed by atoms with Crippen LogP contribution in [0.4, 0.5) is 0 Å². The van der Waals surface area contributed by atoms with Gasteiger partial charge >= 0.3 is 0 Å². The maximum atomic E-state index is 10.5. The lowest BCUT2D eigenvalue weighted by molar-refractivity contribution is 0.722. The summed E-state index contributed by atoms with van der Waals surface area (Å²) < 4.78 is 0. The van der Waals surface area contributed by atoms with Crippen LogP contribution in [0.5, 0.6) is 0 Å². The number of hydrogen-bond acceptors (Lipinski definition) is 4. The van der Waals surface area contributed by atoms with Crippen LogP contribution in [0.3, 0.4) is 0 Å². The number of nitrogens with zero attached hydrogens (tertiary/aromatic N) is 3. The van der Waals surface area contributed by atoms with Gasteiger partial charge in [-0.3, -0.25) is 0 Å².